The van der Waals surface area contributed by atoms with Crippen molar-refractivity contribution in [1.82, 2.24) is 9.78 Å². The van der Waals surface area contributed by atoms with Crippen molar-refractivity contribution in [2.75, 3.05) is 19.5 Å². The van der Waals surface area contributed by atoms with E-state index in [9.17, 15) is 4.79 Å². The first-order chi connectivity index (χ1) is 16.1. The summed E-state index contributed by atoms with van der Waals surface area (Å²) in [7, 11) is 3.23. The molecule has 0 unspecified atom stereocenters. The Morgan fingerprint density at radius 2 is 1.67 bits per heavy atom. The lowest BCUT2D eigenvalue weighted by Crippen LogP contribution is -2.25. The molecule has 5 rings (SSSR count). The van der Waals surface area contributed by atoms with E-state index < -0.39 is 0 Å². The number of rotatable bonds is 5. The Balaban J connectivity index is 1.74. The summed E-state index contributed by atoms with van der Waals surface area (Å²) < 4.78 is 12.8. The summed E-state index contributed by atoms with van der Waals surface area (Å²) in [5.41, 5.74) is 5.88. The number of fused-ring (bicyclic) bond motifs is 1. The molecule has 1 amide bonds. The molecule has 1 atom stereocenters. The molecule has 0 saturated carbocycles. The van der Waals surface area contributed by atoms with Gasteiger partial charge in [0.15, 0.2) is 11.5 Å². The monoisotopic (exact) mass is 439 g/mol. The maximum Gasteiger partial charge on any atom is 0.226 e. The van der Waals surface area contributed by atoms with Gasteiger partial charge in [0.1, 0.15) is 5.82 Å². The molecular formula is C27H25N3O3. The van der Waals surface area contributed by atoms with Gasteiger partial charge >= 0.3 is 0 Å². The van der Waals surface area contributed by atoms with Crippen molar-refractivity contribution in [1.29, 1.82) is 0 Å². The van der Waals surface area contributed by atoms with E-state index >= 15 is 0 Å². The number of nitrogens with one attached hydrogen (secondary N) is 1. The lowest BCUT2D eigenvalue weighted by molar-refractivity contribution is -0.116. The van der Waals surface area contributed by atoms with Gasteiger partial charge in [-0.25, -0.2) is 4.68 Å². The number of anilines is 1. The van der Waals surface area contributed by atoms with Crippen molar-refractivity contribution in [3.05, 3.63) is 89.5 Å². The van der Waals surface area contributed by atoms with Crippen LogP contribution < -0.4 is 14.8 Å². The third-order valence-electron chi connectivity index (χ3n) is 6.05. The smallest absolute Gasteiger partial charge is 0.226 e. The lowest BCUT2D eigenvalue weighted by atomic mass is 9.84. The number of aryl methyl sites for hydroxylation is 1. The lowest BCUT2D eigenvalue weighted by Gasteiger charge is -2.25. The van der Waals surface area contributed by atoms with Gasteiger partial charge in [-0.1, -0.05) is 54.1 Å². The van der Waals surface area contributed by atoms with Crippen molar-refractivity contribution in [2.45, 2.75) is 19.3 Å². The molecule has 6 heteroatoms. The van der Waals surface area contributed by atoms with E-state index in [0.717, 1.165) is 33.6 Å². The second kappa shape index (κ2) is 8.47. The van der Waals surface area contributed by atoms with Crippen LogP contribution in [-0.2, 0) is 4.79 Å². The minimum atomic E-state index is -0.178. The summed E-state index contributed by atoms with van der Waals surface area (Å²) in [5, 5.41) is 8.08. The molecule has 0 bridgehead atoms. The summed E-state index contributed by atoms with van der Waals surface area (Å²) in [6.07, 6.45) is 0.321. The standard InChI is InChI=1S/C27H25N3O3/c1-17-9-12-20(13-10-17)30-27-25(26(29-30)18-7-5-4-6-8-18)21(16-24(31)28-27)19-11-14-22(32-2)23(15-19)33-3/h4-15,21H,16H2,1-3H3,(H,28,31)/t21-/m1/s1. The van der Waals surface area contributed by atoms with Gasteiger partial charge in [-0.2, -0.15) is 5.10 Å². The zero-order chi connectivity index (χ0) is 22.9. The number of amides is 1. The van der Waals surface area contributed by atoms with Gasteiger partial charge in [0.05, 0.1) is 25.6 Å². The van der Waals surface area contributed by atoms with E-state index in [1.165, 1.54) is 0 Å². The number of hydrogen-bond donors (Lipinski definition) is 1. The van der Waals surface area contributed by atoms with Crippen molar-refractivity contribution in [2.24, 2.45) is 0 Å². The highest BCUT2D eigenvalue weighted by Crippen LogP contribution is 2.45. The SMILES string of the molecule is COc1ccc([C@H]2CC(=O)Nc3c2c(-c2ccccc2)nn3-c2ccc(C)cc2)cc1OC. The fourth-order valence-corrected chi connectivity index (χ4v) is 4.39. The summed E-state index contributed by atoms with van der Waals surface area (Å²) >= 11 is 0. The molecule has 1 aromatic heterocycles. The van der Waals surface area contributed by atoms with Crippen LogP contribution in [0, 0.1) is 6.92 Å². The van der Waals surface area contributed by atoms with E-state index in [4.69, 9.17) is 14.6 Å². The zero-order valence-corrected chi connectivity index (χ0v) is 18.8. The van der Waals surface area contributed by atoms with Crippen LogP contribution in [0.3, 0.4) is 0 Å². The summed E-state index contributed by atoms with van der Waals surface area (Å²) in [6, 6.07) is 24.0. The molecule has 3 aromatic carbocycles. The molecule has 4 aromatic rings. The Morgan fingerprint density at radius 1 is 0.939 bits per heavy atom. The van der Waals surface area contributed by atoms with Gasteiger partial charge in [0, 0.05) is 23.5 Å². The highest BCUT2D eigenvalue weighted by molar-refractivity contribution is 5.96. The molecular weight excluding hydrogens is 414 g/mol. The minimum absolute atomic E-state index is 0.0461. The predicted octanol–water partition coefficient (Wildman–Crippen LogP) is 5.34. The molecule has 1 aliphatic rings. The van der Waals surface area contributed by atoms with Crippen LogP contribution in [0.25, 0.3) is 16.9 Å². The van der Waals surface area contributed by atoms with Crippen molar-refractivity contribution in [3.63, 3.8) is 0 Å². The number of carbonyl (C=O) groups is 1. The van der Waals surface area contributed by atoms with E-state index in [0.29, 0.717) is 23.7 Å². The molecule has 33 heavy (non-hydrogen) atoms. The van der Waals surface area contributed by atoms with Crippen LogP contribution in [-0.4, -0.2) is 29.9 Å². The quantitative estimate of drug-likeness (QED) is 0.456. The Hall–Kier alpha value is -4.06. The number of aromatic nitrogens is 2. The summed E-state index contributed by atoms with van der Waals surface area (Å²) in [5.74, 6) is 1.77. The number of nitrogens with zero attached hydrogens (tertiary/aromatic N) is 2. The molecule has 0 aliphatic carbocycles. The second-order valence-corrected chi connectivity index (χ2v) is 8.14. The van der Waals surface area contributed by atoms with E-state index in [2.05, 4.69) is 5.32 Å². The Labute approximate surface area is 192 Å². The molecule has 0 spiro atoms. The van der Waals surface area contributed by atoms with Crippen LogP contribution in [0.15, 0.2) is 72.8 Å². The van der Waals surface area contributed by atoms with Gasteiger partial charge in [0.25, 0.3) is 0 Å². The number of carbonyl (C=O) groups excluding carboxylic acids is 1. The average molecular weight is 440 g/mol. The van der Waals surface area contributed by atoms with Gasteiger partial charge < -0.3 is 14.8 Å². The van der Waals surface area contributed by atoms with Gasteiger partial charge in [-0.05, 0) is 36.8 Å². The number of hydrogen-bond acceptors (Lipinski definition) is 4. The fraction of sp³-hybridized carbons (Fsp3) is 0.185. The number of benzene rings is 3. The molecule has 1 N–H and O–H groups in total. The first-order valence-electron chi connectivity index (χ1n) is 10.9. The molecule has 0 fully saturated rings. The normalized spacial score (nSPS) is 15.0. The molecule has 0 saturated heterocycles. The van der Waals surface area contributed by atoms with E-state index in [1.807, 2.05) is 84.4 Å². The van der Waals surface area contributed by atoms with Gasteiger partial charge in [-0.15, -0.1) is 0 Å². The maximum absolute atomic E-state index is 12.9. The van der Waals surface area contributed by atoms with E-state index in [1.54, 1.807) is 14.2 Å². The van der Waals surface area contributed by atoms with Crippen LogP contribution >= 0.6 is 0 Å². The summed E-state index contributed by atoms with van der Waals surface area (Å²) in [4.78, 5) is 12.9. The highest BCUT2D eigenvalue weighted by Gasteiger charge is 2.34. The van der Waals surface area contributed by atoms with E-state index in [-0.39, 0.29) is 11.8 Å². The number of methoxy groups -OCH3 is 2. The highest BCUT2D eigenvalue weighted by atomic mass is 16.5. The molecule has 0 radical (unpaired) electrons. The molecule has 6 nitrogen and oxygen atoms in total. The van der Waals surface area contributed by atoms with Crippen LogP contribution in [0.1, 0.15) is 29.0 Å². The first-order valence-corrected chi connectivity index (χ1v) is 10.9. The molecule has 2 heterocycles. The Bertz CT molecular complexity index is 1310. The van der Waals surface area contributed by atoms with Crippen molar-refractivity contribution in [3.8, 4) is 28.4 Å². The largest absolute Gasteiger partial charge is 0.493 e. The fourth-order valence-electron chi connectivity index (χ4n) is 4.39. The van der Waals surface area contributed by atoms with Gasteiger partial charge in [-0.3, -0.25) is 4.79 Å². The average Bonchev–Trinajstić information content (AvgIpc) is 3.23. The minimum Gasteiger partial charge on any atom is -0.493 e. The molecule has 1 aliphatic heterocycles. The third kappa shape index (κ3) is 3.74. The van der Waals surface area contributed by atoms with Crippen molar-refractivity contribution < 1.29 is 14.3 Å². The van der Waals surface area contributed by atoms with Gasteiger partial charge in [0.2, 0.25) is 5.91 Å². The Kier molecular flexibility index (Phi) is 5.34. The first kappa shape index (κ1) is 20.8. The zero-order valence-electron chi connectivity index (χ0n) is 18.8. The topological polar surface area (TPSA) is 65.4 Å². The van der Waals surface area contributed by atoms with Crippen LogP contribution in [0.4, 0.5) is 5.82 Å². The van der Waals surface area contributed by atoms with Crippen LogP contribution in [0.2, 0.25) is 0 Å². The summed E-state index contributed by atoms with van der Waals surface area (Å²) in [6.45, 7) is 2.05. The van der Waals surface area contributed by atoms with Crippen LogP contribution in [0.5, 0.6) is 11.5 Å². The second-order valence-electron chi connectivity index (χ2n) is 8.14. The molecule has 166 valence electrons. The number of ether oxygens (including phenoxy) is 2. The predicted molar refractivity (Wildman–Crippen MR) is 128 cm³/mol. The Morgan fingerprint density at radius 3 is 2.36 bits per heavy atom. The third-order valence-corrected chi connectivity index (χ3v) is 6.05. The van der Waals surface area contributed by atoms with Crippen molar-refractivity contribution >= 4 is 11.7 Å². The maximum atomic E-state index is 12.9.